The molecule has 2 rings (SSSR count). The van der Waals surface area contributed by atoms with Crippen LogP contribution in [0.3, 0.4) is 0 Å². The first-order valence-electron chi connectivity index (χ1n) is 6.42. The summed E-state index contributed by atoms with van der Waals surface area (Å²) in [5.41, 5.74) is 0.706. The van der Waals surface area contributed by atoms with Crippen molar-refractivity contribution in [1.29, 1.82) is 0 Å². The summed E-state index contributed by atoms with van der Waals surface area (Å²) in [6.45, 7) is 1.09. The van der Waals surface area contributed by atoms with Crippen LogP contribution in [0.15, 0.2) is 29.6 Å². The number of anilines is 1. The lowest BCUT2D eigenvalue weighted by molar-refractivity contribution is -0.115. The average Bonchev–Trinajstić information content (AvgIpc) is 2.92. The number of benzene rings is 1. The van der Waals surface area contributed by atoms with E-state index in [9.17, 15) is 4.79 Å². The van der Waals surface area contributed by atoms with Crippen molar-refractivity contribution < 1.29 is 4.79 Å². The fraction of sp³-hybridized carbons (Fsp3) is 0.200. The molecule has 0 fully saturated rings. The van der Waals surface area contributed by atoms with Gasteiger partial charge in [0.15, 0.2) is 5.13 Å². The smallest absolute Gasteiger partial charge is 0.296 e. The highest BCUT2D eigenvalue weighted by Gasteiger charge is 2.05. The second-order valence-electron chi connectivity index (χ2n) is 4.39. The molecule has 0 spiro atoms. The molecule has 4 nitrogen and oxygen atoms in total. The van der Waals surface area contributed by atoms with E-state index in [0.717, 1.165) is 5.13 Å². The predicted molar refractivity (Wildman–Crippen MR) is 91.7 cm³/mol. The van der Waals surface area contributed by atoms with Crippen LogP contribution in [0.2, 0.25) is 10.2 Å². The number of carbonyl (C=O) groups is 1. The summed E-state index contributed by atoms with van der Waals surface area (Å²) in [5, 5.41) is 6.38. The normalized spacial score (nSPS) is 9.77. The van der Waals surface area contributed by atoms with E-state index in [1.54, 1.807) is 29.6 Å². The fourth-order valence-electron chi connectivity index (χ4n) is 1.59. The number of carbonyl (C=O) groups excluding carboxylic acids is 1. The standard InChI is InChI=1S/C15H13Cl2N3OS/c1-20(15-19-13(17)10-22-15)8-7-18-14(21)6-5-11-3-2-4-12(16)9-11/h2-4,9-10H,7-8H2,1H3,(H,18,21). The summed E-state index contributed by atoms with van der Waals surface area (Å²) in [6, 6.07) is 7.06. The number of hydrogen-bond donors (Lipinski definition) is 1. The molecule has 0 aliphatic rings. The second-order valence-corrected chi connectivity index (χ2v) is 6.05. The topological polar surface area (TPSA) is 45.2 Å². The first-order valence-corrected chi connectivity index (χ1v) is 8.06. The minimum atomic E-state index is -0.328. The Morgan fingerprint density at radius 3 is 2.95 bits per heavy atom. The van der Waals surface area contributed by atoms with Crippen molar-refractivity contribution >= 4 is 45.6 Å². The molecule has 0 aliphatic heterocycles. The van der Waals surface area contributed by atoms with Gasteiger partial charge in [-0.1, -0.05) is 35.2 Å². The maximum atomic E-state index is 11.7. The number of nitrogens with one attached hydrogen (secondary N) is 1. The van der Waals surface area contributed by atoms with E-state index in [4.69, 9.17) is 23.2 Å². The van der Waals surface area contributed by atoms with Crippen molar-refractivity contribution in [2.45, 2.75) is 0 Å². The zero-order valence-electron chi connectivity index (χ0n) is 11.8. The van der Waals surface area contributed by atoms with E-state index < -0.39 is 0 Å². The Kier molecular flexibility index (Phi) is 6.08. The van der Waals surface area contributed by atoms with Gasteiger partial charge in [0, 0.05) is 42.0 Å². The van der Waals surface area contributed by atoms with E-state index in [2.05, 4.69) is 22.1 Å². The number of likely N-dealkylation sites (N-methyl/N-ethyl adjacent to an activating group) is 1. The zero-order valence-corrected chi connectivity index (χ0v) is 14.1. The van der Waals surface area contributed by atoms with Crippen LogP contribution in [0, 0.1) is 11.8 Å². The highest BCUT2D eigenvalue weighted by molar-refractivity contribution is 7.14. The van der Waals surface area contributed by atoms with E-state index in [-0.39, 0.29) is 5.91 Å². The van der Waals surface area contributed by atoms with E-state index in [1.165, 1.54) is 11.3 Å². The second kappa shape index (κ2) is 8.04. The third-order valence-electron chi connectivity index (χ3n) is 2.67. The molecule has 114 valence electrons. The first-order chi connectivity index (χ1) is 10.5. The SMILES string of the molecule is CN(CCNC(=O)C#Cc1cccc(Cl)c1)c1nc(Cl)cs1. The van der Waals surface area contributed by atoms with Crippen molar-refractivity contribution in [3.05, 3.63) is 45.4 Å². The lowest BCUT2D eigenvalue weighted by Crippen LogP contribution is -2.32. The molecule has 1 aromatic carbocycles. The number of halogens is 2. The summed E-state index contributed by atoms with van der Waals surface area (Å²) < 4.78 is 0. The molecule has 0 bridgehead atoms. The quantitative estimate of drug-likeness (QED) is 0.859. The van der Waals surface area contributed by atoms with Crippen LogP contribution in [0.5, 0.6) is 0 Å². The van der Waals surface area contributed by atoms with Crippen molar-refractivity contribution in [3.63, 3.8) is 0 Å². The number of amides is 1. The minimum absolute atomic E-state index is 0.328. The molecule has 1 heterocycles. The molecule has 7 heteroatoms. The van der Waals surface area contributed by atoms with Gasteiger partial charge in [0.1, 0.15) is 5.15 Å². The molecule has 0 atom stereocenters. The minimum Gasteiger partial charge on any atom is -0.349 e. The number of hydrogen-bond acceptors (Lipinski definition) is 4. The number of nitrogens with zero attached hydrogens (tertiary/aromatic N) is 2. The number of thiazole rings is 1. The Labute approximate surface area is 143 Å². The summed E-state index contributed by atoms with van der Waals surface area (Å²) in [7, 11) is 1.89. The molecule has 0 radical (unpaired) electrons. The van der Waals surface area contributed by atoms with Crippen LogP contribution in [0.4, 0.5) is 5.13 Å². The Balaban J connectivity index is 1.79. The van der Waals surface area contributed by atoms with Crippen LogP contribution in [-0.2, 0) is 4.79 Å². The van der Waals surface area contributed by atoms with Gasteiger partial charge in [-0.15, -0.1) is 11.3 Å². The van der Waals surface area contributed by atoms with Crippen molar-refractivity contribution in [3.8, 4) is 11.8 Å². The van der Waals surface area contributed by atoms with Crippen molar-refractivity contribution in [2.24, 2.45) is 0 Å². The molecule has 0 saturated carbocycles. The molecule has 1 aromatic heterocycles. The molecule has 1 N–H and O–H groups in total. The summed E-state index contributed by atoms with van der Waals surface area (Å²) in [6.07, 6.45) is 0. The van der Waals surface area contributed by atoms with Gasteiger partial charge in [-0.25, -0.2) is 4.98 Å². The maximum absolute atomic E-state index is 11.7. The average molecular weight is 354 g/mol. The molecular weight excluding hydrogens is 341 g/mol. The summed E-state index contributed by atoms with van der Waals surface area (Å²) >= 11 is 13.1. The molecule has 2 aromatic rings. The Morgan fingerprint density at radius 1 is 1.45 bits per heavy atom. The highest BCUT2D eigenvalue weighted by Crippen LogP contribution is 2.21. The van der Waals surface area contributed by atoms with Crippen LogP contribution >= 0.6 is 34.5 Å². The molecular formula is C15H13Cl2N3OS. The van der Waals surface area contributed by atoms with Crippen LogP contribution < -0.4 is 10.2 Å². The predicted octanol–water partition coefficient (Wildman–Crippen LogP) is 3.05. The van der Waals surface area contributed by atoms with E-state index in [1.807, 2.05) is 11.9 Å². The largest absolute Gasteiger partial charge is 0.349 e. The van der Waals surface area contributed by atoms with Gasteiger partial charge in [-0.2, -0.15) is 0 Å². The maximum Gasteiger partial charge on any atom is 0.296 e. The lowest BCUT2D eigenvalue weighted by Gasteiger charge is -2.14. The molecule has 22 heavy (non-hydrogen) atoms. The Bertz CT molecular complexity index is 721. The van der Waals surface area contributed by atoms with E-state index in [0.29, 0.717) is 28.8 Å². The van der Waals surface area contributed by atoms with Gasteiger partial charge < -0.3 is 10.2 Å². The third-order valence-corrected chi connectivity index (χ3v) is 4.18. The number of rotatable bonds is 4. The molecule has 0 aliphatic carbocycles. The van der Waals surface area contributed by atoms with Crippen LogP contribution in [0.25, 0.3) is 0 Å². The van der Waals surface area contributed by atoms with Crippen LogP contribution in [0.1, 0.15) is 5.56 Å². The third kappa shape index (κ3) is 5.23. The zero-order chi connectivity index (χ0) is 15.9. The van der Waals surface area contributed by atoms with Gasteiger partial charge in [0.25, 0.3) is 5.91 Å². The van der Waals surface area contributed by atoms with Crippen molar-refractivity contribution in [1.82, 2.24) is 10.3 Å². The fourth-order valence-corrected chi connectivity index (χ4v) is 2.72. The van der Waals surface area contributed by atoms with Gasteiger partial charge >= 0.3 is 0 Å². The van der Waals surface area contributed by atoms with Gasteiger partial charge in [0.2, 0.25) is 0 Å². The molecule has 0 saturated heterocycles. The Hall–Kier alpha value is -1.74. The van der Waals surface area contributed by atoms with Crippen molar-refractivity contribution in [2.75, 3.05) is 25.0 Å². The number of aromatic nitrogens is 1. The van der Waals surface area contributed by atoms with Gasteiger partial charge in [0.05, 0.1) is 0 Å². The first kappa shape index (κ1) is 16.6. The van der Waals surface area contributed by atoms with Gasteiger partial charge in [-0.3, -0.25) is 4.79 Å². The summed E-state index contributed by atoms with van der Waals surface area (Å²) in [5.74, 6) is 4.97. The Morgan fingerprint density at radius 2 is 2.27 bits per heavy atom. The van der Waals surface area contributed by atoms with E-state index >= 15 is 0 Å². The van der Waals surface area contributed by atoms with Gasteiger partial charge in [-0.05, 0) is 18.2 Å². The molecule has 1 amide bonds. The van der Waals surface area contributed by atoms with Crippen LogP contribution in [-0.4, -0.2) is 31.0 Å². The monoisotopic (exact) mass is 353 g/mol. The highest BCUT2D eigenvalue weighted by atomic mass is 35.5. The lowest BCUT2D eigenvalue weighted by atomic mass is 10.2. The molecule has 0 unspecified atom stereocenters. The summed E-state index contributed by atoms with van der Waals surface area (Å²) in [4.78, 5) is 17.7.